The molecule has 128 valence electrons. The molecule has 0 fully saturated rings. The monoisotopic (exact) mass is 351 g/mol. The van der Waals surface area contributed by atoms with Gasteiger partial charge in [0.25, 0.3) is 5.91 Å². The van der Waals surface area contributed by atoms with Gasteiger partial charge >= 0.3 is 11.9 Å². The Morgan fingerprint density at radius 3 is 2.62 bits per heavy atom. The maximum atomic E-state index is 12.4. The van der Waals surface area contributed by atoms with Crippen LogP contribution in [0.25, 0.3) is 0 Å². The van der Waals surface area contributed by atoms with Crippen LogP contribution in [0.5, 0.6) is 0 Å². The Morgan fingerprint density at radius 2 is 2.08 bits per heavy atom. The van der Waals surface area contributed by atoms with Crippen molar-refractivity contribution in [3.8, 4) is 0 Å². The van der Waals surface area contributed by atoms with Gasteiger partial charge in [-0.05, 0) is 18.9 Å². The van der Waals surface area contributed by atoms with Crippen molar-refractivity contribution in [2.24, 2.45) is 7.05 Å². The van der Waals surface area contributed by atoms with E-state index < -0.39 is 17.8 Å². The molecule has 2 N–H and O–H groups in total. The predicted molar refractivity (Wildman–Crippen MR) is 87.9 cm³/mol. The highest BCUT2D eigenvalue weighted by molar-refractivity contribution is 7.16. The molecule has 0 aliphatic heterocycles. The van der Waals surface area contributed by atoms with E-state index in [4.69, 9.17) is 9.84 Å². The fourth-order valence-corrected chi connectivity index (χ4v) is 3.51. The first kappa shape index (κ1) is 17.7. The number of nitrogens with zero attached hydrogens (tertiary/aromatic N) is 2. The molecular formula is C15H17N3O5S. The molecule has 8 nitrogen and oxygen atoms in total. The number of aryl methyl sites for hydroxylation is 2. The summed E-state index contributed by atoms with van der Waals surface area (Å²) in [6, 6.07) is 0. The van der Waals surface area contributed by atoms with E-state index in [0.29, 0.717) is 17.0 Å². The average molecular weight is 351 g/mol. The topological polar surface area (TPSA) is 111 Å². The molecule has 0 unspecified atom stereocenters. The number of esters is 1. The minimum Gasteiger partial charge on any atom is -0.478 e. The van der Waals surface area contributed by atoms with Gasteiger partial charge in [-0.1, -0.05) is 6.92 Å². The zero-order valence-corrected chi connectivity index (χ0v) is 14.5. The lowest BCUT2D eigenvalue weighted by Crippen LogP contribution is -2.18. The van der Waals surface area contributed by atoms with Crippen molar-refractivity contribution in [2.75, 3.05) is 12.4 Å². The molecule has 0 spiro atoms. The average Bonchev–Trinajstić information content (AvgIpc) is 3.06. The first-order chi connectivity index (χ1) is 11.3. The lowest BCUT2D eigenvalue weighted by atomic mass is 10.1. The Hall–Kier alpha value is -2.68. The van der Waals surface area contributed by atoms with Crippen molar-refractivity contribution < 1.29 is 24.2 Å². The Morgan fingerprint density at radius 1 is 1.42 bits per heavy atom. The summed E-state index contributed by atoms with van der Waals surface area (Å²) in [4.78, 5) is 36.6. The molecule has 0 saturated carbocycles. The number of methoxy groups -OCH3 is 1. The Labute approximate surface area is 142 Å². The Balaban J connectivity index is 2.43. The summed E-state index contributed by atoms with van der Waals surface area (Å²) in [5.74, 6) is -2.49. The van der Waals surface area contributed by atoms with E-state index in [-0.39, 0.29) is 11.3 Å². The van der Waals surface area contributed by atoms with E-state index in [1.165, 1.54) is 36.4 Å². The van der Waals surface area contributed by atoms with Crippen LogP contribution in [-0.4, -0.2) is 39.8 Å². The predicted octanol–water partition coefficient (Wildman–Crippen LogP) is 2.09. The molecular weight excluding hydrogens is 334 g/mol. The van der Waals surface area contributed by atoms with E-state index in [1.54, 1.807) is 0 Å². The number of amides is 1. The van der Waals surface area contributed by atoms with E-state index in [2.05, 4.69) is 10.4 Å². The lowest BCUT2D eigenvalue weighted by Gasteiger charge is -2.06. The van der Waals surface area contributed by atoms with Crippen LogP contribution >= 0.6 is 11.3 Å². The molecule has 1 amide bonds. The third-order valence-electron chi connectivity index (χ3n) is 3.45. The number of rotatable bonds is 5. The summed E-state index contributed by atoms with van der Waals surface area (Å²) in [5, 5.41) is 15.9. The fourth-order valence-electron chi connectivity index (χ4n) is 2.39. The molecule has 0 saturated heterocycles. The van der Waals surface area contributed by atoms with Crippen LogP contribution in [0.2, 0.25) is 0 Å². The summed E-state index contributed by atoms with van der Waals surface area (Å²) >= 11 is 1.24. The van der Waals surface area contributed by atoms with Crippen LogP contribution in [0.3, 0.4) is 0 Å². The third kappa shape index (κ3) is 3.16. The number of carbonyl (C=O) groups is 3. The molecule has 2 rings (SSSR count). The summed E-state index contributed by atoms with van der Waals surface area (Å²) in [6.07, 6.45) is 1.85. The third-order valence-corrected chi connectivity index (χ3v) is 4.52. The number of nitrogens with one attached hydrogen (secondary N) is 1. The summed E-state index contributed by atoms with van der Waals surface area (Å²) in [7, 11) is 2.79. The number of anilines is 1. The van der Waals surface area contributed by atoms with Crippen LogP contribution < -0.4 is 5.32 Å². The summed E-state index contributed by atoms with van der Waals surface area (Å²) in [5.41, 5.74) is 0.661. The number of aromatic carboxylic acids is 1. The van der Waals surface area contributed by atoms with Gasteiger partial charge in [-0.25, -0.2) is 9.59 Å². The number of ether oxygens (including phenoxy) is 1. The Kier molecular flexibility index (Phi) is 5.03. The zero-order chi connectivity index (χ0) is 18.0. The van der Waals surface area contributed by atoms with E-state index in [9.17, 15) is 14.4 Å². The lowest BCUT2D eigenvalue weighted by molar-refractivity contribution is 0.0600. The molecule has 0 aliphatic carbocycles. The van der Waals surface area contributed by atoms with Gasteiger partial charge in [0, 0.05) is 18.1 Å². The SMILES string of the molecule is CCc1c(C)sc(NC(=O)c2nn(C)cc2C(=O)O)c1C(=O)OC. The largest absolute Gasteiger partial charge is 0.478 e. The fraction of sp³-hybridized carbons (Fsp3) is 0.333. The highest BCUT2D eigenvalue weighted by Crippen LogP contribution is 2.34. The van der Waals surface area contributed by atoms with Gasteiger partial charge in [0.15, 0.2) is 5.69 Å². The quantitative estimate of drug-likeness (QED) is 0.798. The summed E-state index contributed by atoms with van der Waals surface area (Å²) in [6.45, 7) is 3.74. The highest BCUT2D eigenvalue weighted by Gasteiger charge is 2.26. The molecule has 0 atom stereocenters. The maximum Gasteiger partial charge on any atom is 0.341 e. The van der Waals surface area contributed by atoms with Crippen molar-refractivity contribution in [1.29, 1.82) is 0 Å². The molecule has 9 heteroatoms. The molecule has 2 aromatic heterocycles. The first-order valence-corrected chi connectivity index (χ1v) is 7.90. The standard InChI is InChI=1S/C15H17N3O5S/c1-5-8-7(2)24-13(10(8)15(22)23-4)16-12(19)11-9(14(20)21)6-18(3)17-11/h6H,5H2,1-4H3,(H,16,19)(H,20,21). The first-order valence-electron chi connectivity index (χ1n) is 7.08. The van der Waals surface area contributed by atoms with Crippen LogP contribution in [0, 0.1) is 6.92 Å². The summed E-state index contributed by atoms with van der Waals surface area (Å²) < 4.78 is 6.04. The van der Waals surface area contributed by atoms with Crippen molar-refractivity contribution in [1.82, 2.24) is 9.78 Å². The van der Waals surface area contributed by atoms with E-state index in [0.717, 1.165) is 10.4 Å². The van der Waals surface area contributed by atoms with Crippen LogP contribution in [0.1, 0.15) is 48.6 Å². The van der Waals surface area contributed by atoms with Gasteiger partial charge < -0.3 is 15.2 Å². The number of carboxylic acid groups (broad SMARTS) is 1. The van der Waals surface area contributed by atoms with Crippen LogP contribution in [0.4, 0.5) is 5.00 Å². The van der Waals surface area contributed by atoms with Gasteiger partial charge in [-0.2, -0.15) is 5.10 Å². The Bertz CT molecular complexity index is 821. The number of hydrogen-bond donors (Lipinski definition) is 2. The maximum absolute atomic E-state index is 12.4. The number of thiophene rings is 1. The second-order valence-corrected chi connectivity index (χ2v) is 6.24. The van der Waals surface area contributed by atoms with Crippen molar-refractivity contribution in [3.05, 3.63) is 33.5 Å². The second kappa shape index (κ2) is 6.83. The molecule has 0 aromatic carbocycles. The van der Waals surface area contributed by atoms with E-state index >= 15 is 0 Å². The number of hydrogen-bond acceptors (Lipinski definition) is 6. The number of carbonyl (C=O) groups excluding carboxylic acids is 2. The minimum absolute atomic E-state index is 0.210. The van der Waals surface area contributed by atoms with Crippen molar-refractivity contribution in [2.45, 2.75) is 20.3 Å². The molecule has 0 aliphatic rings. The molecule has 24 heavy (non-hydrogen) atoms. The van der Waals surface area contributed by atoms with Crippen molar-refractivity contribution in [3.63, 3.8) is 0 Å². The van der Waals surface area contributed by atoms with E-state index in [1.807, 2.05) is 13.8 Å². The number of aromatic nitrogens is 2. The number of carboxylic acids is 1. The molecule has 0 bridgehead atoms. The van der Waals surface area contributed by atoms with Gasteiger partial charge in [0.2, 0.25) is 0 Å². The normalized spacial score (nSPS) is 10.5. The smallest absolute Gasteiger partial charge is 0.341 e. The van der Waals surface area contributed by atoms with Crippen LogP contribution in [-0.2, 0) is 18.2 Å². The minimum atomic E-state index is -1.25. The molecule has 2 aromatic rings. The van der Waals surface area contributed by atoms with Gasteiger partial charge in [0.05, 0.1) is 12.7 Å². The molecule has 0 radical (unpaired) electrons. The van der Waals surface area contributed by atoms with Crippen molar-refractivity contribution >= 4 is 34.2 Å². The van der Waals surface area contributed by atoms with Gasteiger partial charge in [0.1, 0.15) is 10.6 Å². The van der Waals surface area contributed by atoms with Gasteiger partial charge in [-0.15, -0.1) is 11.3 Å². The van der Waals surface area contributed by atoms with Gasteiger partial charge in [-0.3, -0.25) is 9.48 Å². The highest BCUT2D eigenvalue weighted by atomic mass is 32.1. The zero-order valence-electron chi connectivity index (χ0n) is 13.7. The molecule has 2 heterocycles. The van der Waals surface area contributed by atoms with Crippen LogP contribution in [0.15, 0.2) is 6.20 Å². The second-order valence-electron chi connectivity index (χ2n) is 5.01.